The number of aliphatic hydroxyl groups excluding tert-OH is 1. The number of nitrogens with two attached hydrogens (primary N) is 1. The average molecular weight is 399 g/mol. The molecule has 1 amide bonds. The number of carbonyl (C=O) groups excluding carboxylic acids is 5. The van der Waals surface area contributed by atoms with E-state index >= 15 is 0 Å². The van der Waals surface area contributed by atoms with Gasteiger partial charge in [-0.05, 0) is 17.2 Å². The monoisotopic (exact) mass is 399 g/mol. The highest BCUT2D eigenvalue weighted by Crippen LogP contribution is 2.53. The number of fused-ring (bicyclic) bond motifs is 3. The number of aromatic hydroxyl groups is 1. The van der Waals surface area contributed by atoms with Crippen LogP contribution in [0.1, 0.15) is 22.3 Å². The van der Waals surface area contributed by atoms with Gasteiger partial charge in [0.1, 0.15) is 5.75 Å². The number of amides is 1. The van der Waals surface area contributed by atoms with E-state index in [-0.39, 0.29) is 16.7 Å². The Morgan fingerprint density at radius 3 is 2.45 bits per heavy atom. The highest BCUT2D eigenvalue weighted by Gasteiger charge is 2.69. The van der Waals surface area contributed by atoms with Crippen molar-refractivity contribution < 1.29 is 39.3 Å². The number of Topliss-reactive ketones (excluding diaryl/α,β-unsaturated/α-hetero) is 4. The number of phenolic OH excluding ortho intramolecular Hbond substituents is 1. The van der Waals surface area contributed by atoms with Gasteiger partial charge in [0.25, 0.3) is 0 Å². The van der Waals surface area contributed by atoms with E-state index in [1.165, 1.54) is 18.2 Å². The molecule has 9 nitrogen and oxygen atoms in total. The van der Waals surface area contributed by atoms with Crippen molar-refractivity contribution >= 4 is 34.6 Å². The second-order valence-electron chi connectivity index (χ2n) is 7.69. The van der Waals surface area contributed by atoms with E-state index in [0.717, 1.165) is 0 Å². The van der Waals surface area contributed by atoms with Crippen LogP contribution in [0.2, 0.25) is 0 Å². The number of aliphatic hydroxyl groups is 2. The van der Waals surface area contributed by atoms with Gasteiger partial charge in [0, 0.05) is 18.3 Å². The first kappa shape index (κ1) is 19.2. The predicted octanol–water partition coefficient (Wildman–Crippen LogP) is -1.23. The molecule has 4 unspecified atom stereocenters. The van der Waals surface area contributed by atoms with Crippen molar-refractivity contribution in [2.24, 2.45) is 29.4 Å². The minimum atomic E-state index is -2.92. The van der Waals surface area contributed by atoms with Crippen molar-refractivity contribution in [3.63, 3.8) is 0 Å². The van der Waals surface area contributed by atoms with E-state index in [1.54, 1.807) is 0 Å². The summed E-state index contributed by atoms with van der Waals surface area (Å²) in [7, 11) is 0. The van der Waals surface area contributed by atoms with Crippen LogP contribution in [0.25, 0.3) is 5.57 Å². The summed E-state index contributed by atoms with van der Waals surface area (Å²) in [5, 5.41) is 32.1. The number of hydrogen-bond donors (Lipinski definition) is 4. The number of carbonyl (C=O) groups is 5. The third kappa shape index (κ3) is 2.19. The standard InChI is InChI=1S/C20H17NO8/c1-6-7-3-2-4-9(22)12(7)16(25)14-11(6)15(24)8-5-10(23)13(19(21)28)17(26)20(8,29)18(14)27/h2-4,8,11,13-15,22,24,29H,1,5H2,(H2,21,28)/t8?,11?,13?,14?,15-,20-/m1/s1. The zero-order valence-corrected chi connectivity index (χ0v) is 15.0. The van der Waals surface area contributed by atoms with Gasteiger partial charge < -0.3 is 21.1 Å². The molecular weight excluding hydrogens is 382 g/mol. The molecule has 3 aliphatic rings. The van der Waals surface area contributed by atoms with Gasteiger partial charge in [-0.3, -0.25) is 24.0 Å². The number of hydrogen-bond acceptors (Lipinski definition) is 8. The Labute approximate surface area is 163 Å². The van der Waals surface area contributed by atoms with Gasteiger partial charge in [0.05, 0.1) is 17.6 Å². The first-order chi connectivity index (χ1) is 13.5. The molecule has 9 heteroatoms. The number of benzene rings is 1. The topological polar surface area (TPSA) is 172 Å². The summed E-state index contributed by atoms with van der Waals surface area (Å²) in [4.78, 5) is 62.9. The van der Waals surface area contributed by atoms with Crippen LogP contribution in [-0.2, 0) is 19.2 Å². The highest BCUT2D eigenvalue weighted by atomic mass is 16.3. The molecule has 150 valence electrons. The van der Waals surface area contributed by atoms with E-state index < -0.39 is 76.6 Å². The van der Waals surface area contributed by atoms with Gasteiger partial charge >= 0.3 is 0 Å². The van der Waals surface area contributed by atoms with Gasteiger partial charge in [-0.2, -0.15) is 0 Å². The summed E-state index contributed by atoms with van der Waals surface area (Å²) in [6.07, 6.45) is -2.28. The molecule has 0 aromatic heterocycles. The van der Waals surface area contributed by atoms with Crippen molar-refractivity contribution in [1.29, 1.82) is 0 Å². The number of phenols is 1. The Bertz CT molecular complexity index is 1040. The lowest BCUT2D eigenvalue weighted by molar-refractivity contribution is -0.185. The fourth-order valence-electron chi connectivity index (χ4n) is 4.93. The van der Waals surface area contributed by atoms with Crippen molar-refractivity contribution in [3.8, 4) is 5.75 Å². The summed E-state index contributed by atoms with van der Waals surface area (Å²) < 4.78 is 0. The Hall–Kier alpha value is -3.17. The molecule has 6 atom stereocenters. The molecule has 2 fully saturated rings. The number of rotatable bonds is 1. The SMILES string of the molecule is C=C1c2cccc(O)c2C(=O)C2C(=O)[C@]3(O)C(=O)C(C(N)=O)C(=O)CC3[C@@H](O)C12. The second kappa shape index (κ2) is 5.91. The quantitative estimate of drug-likeness (QED) is 0.425. The lowest BCUT2D eigenvalue weighted by Gasteiger charge is -2.51. The average Bonchev–Trinajstić information content (AvgIpc) is 2.65. The largest absolute Gasteiger partial charge is 0.507 e. The molecule has 4 rings (SSSR count). The van der Waals surface area contributed by atoms with Crippen LogP contribution in [0.15, 0.2) is 24.8 Å². The van der Waals surface area contributed by atoms with Gasteiger partial charge in [0.2, 0.25) is 5.91 Å². The first-order valence-corrected chi connectivity index (χ1v) is 8.89. The molecular formula is C20H17NO8. The van der Waals surface area contributed by atoms with Crippen molar-refractivity contribution in [2.75, 3.05) is 0 Å². The third-order valence-electron chi connectivity index (χ3n) is 6.32. The van der Waals surface area contributed by atoms with Crippen LogP contribution in [0, 0.1) is 23.7 Å². The molecule has 29 heavy (non-hydrogen) atoms. The maximum atomic E-state index is 13.2. The zero-order valence-electron chi connectivity index (χ0n) is 15.0. The van der Waals surface area contributed by atoms with Crippen LogP contribution >= 0.6 is 0 Å². The molecule has 2 saturated carbocycles. The number of primary amides is 1. The summed E-state index contributed by atoms with van der Waals surface area (Å²) in [6.45, 7) is 3.84. The van der Waals surface area contributed by atoms with Crippen LogP contribution in [0.4, 0.5) is 0 Å². The van der Waals surface area contributed by atoms with Crippen molar-refractivity contribution in [2.45, 2.75) is 18.1 Å². The van der Waals surface area contributed by atoms with Crippen LogP contribution in [0.5, 0.6) is 5.75 Å². The van der Waals surface area contributed by atoms with E-state index in [9.17, 15) is 39.3 Å². The fourth-order valence-corrected chi connectivity index (χ4v) is 4.93. The van der Waals surface area contributed by atoms with Crippen molar-refractivity contribution in [3.05, 3.63) is 35.9 Å². The summed E-state index contributed by atoms with van der Waals surface area (Å²) in [5.74, 6) is -12.7. The van der Waals surface area contributed by atoms with Crippen LogP contribution in [-0.4, -0.2) is 56.1 Å². The second-order valence-corrected chi connectivity index (χ2v) is 7.69. The van der Waals surface area contributed by atoms with Gasteiger partial charge in [-0.15, -0.1) is 0 Å². The highest BCUT2D eigenvalue weighted by molar-refractivity contribution is 6.32. The number of ketones is 4. The summed E-state index contributed by atoms with van der Waals surface area (Å²) >= 11 is 0. The van der Waals surface area contributed by atoms with Crippen LogP contribution in [0.3, 0.4) is 0 Å². The molecule has 0 heterocycles. The van der Waals surface area contributed by atoms with Crippen molar-refractivity contribution in [1.82, 2.24) is 0 Å². The maximum Gasteiger partial charge on any atom is 0.235 e. The first-order valence-electron chi connectivity index (χ1n) is 8.89. The molecule has 1 aromatic rings. The van der Waals surface area contributed by atoms with E-state index in [2.05, 4.69) is 6.58 Å². The Balaban J connectivity index is 1.91. The van der Waals surface area contributed by atoms with Gasteiger partial charge in [-0.1, -0.05) is 18.7 Å². The smallest absolute Gasteiger partial charge is 0.235 e. The van der Waals surface area contributed by atoms with Gasteiger partial charge in [-0.25, -0.2) is 0 Å². The van der Waals surface area contributed by atoms with E-state index in [4.69, 9.17) is 5.73 Å². The lowest BCUT2D eigenvalue weighted by Crippen LogP contribution is -2.72. The Morgan fingerprint density at radius 2 is 1.83 bits per heavy atom. The molecule has 0 spiro atoms. The molecule has 1 aromatic carbocycles. The molecule has 0 aliphatic heterocycles. The summed E-state index contributed by atoms with van der Waals surface area (Å²) in [5.41, 5.74) is 2.37. The molecule has 5 N–H and O–H groups in total. The normalized spacial score (nSPS) is 36.3. The van der Waals surface area contributed by atoms with E-state index in [1.807, 2.05) is 0 Å². The fraction of sp³-hybridized carbons (Fsp3) is 0.350. The Kier molecular flexibility index (Phi) is 3.91. The zero-order chi connectivity index (χ0) is 21.4. The van der Waals surface area contributed by atoms with E-state index in [0.29, 0.717) is 0 Å². The Morgan fingerprint density at radius 1 is 1.17 bits per heavy atom. The molecule has 0 radical (unpaired) electrons. The predicted molar refractivity (Wildman–Crippen MR) is 95.2 cm³/mol. The third-order valence-corrected chi connectivity index (χ3v) is 6.32. The summed E-state index contributed by atoms with van der Waals surface area (Å²) in [6, 6.07) is 4.19. The minimum absolute atomic E-state index is 0.167. The molecule has 0 saturated heterocycles. The maximum absolute atomic E-state index is 13.2. The lowest BCUT2D eigenvalue weighted by atomic mass is 9.52. The van der Waals surface area contributed by atoms with Gasteiger partial charge in [0.15, 0.2) is 34.7 Å². The molecule has 3 aliphatic carbocycles. The van der Waals surface area contributed by atoms with Crippen LogP contribution < -0.4 is 5.73 Å². The minimum Gasteiger partial charge on any atom is -0.507 e. The molecule has 0 bridgehead atoms.